The van der Waals surface area contributed by atoms with Crippen molar-refractivity contribution in [3.05, 3.63) is 48.0 Å². The third-order valence-electron chi connectivity index (χ3n) is 2.21. The van der Waals surface area contributed by atoms with Crippen LogP contribution in [0.3, 0.4) is 0 Å². The topological polar surface area (TPSA) is 64.4 Å². The van der Waals surface area contributed by atoms with E-state index in [4.69, 9.17) is 9.15 Å². The van der Waals surface area contributed by atoms with Crippen LogP contribution in [0.1, 0.15) is 16.1 Å². The molecule has 0 saturated heterocycles. The number of hydrogen-bond donors (Lipinski definition) is 1. The van der Waals surface area contributed by atoms with Crippen LogP contribution >= 0.6 is 0 Å². The van der Waals surface area contributed by atoms with Crippen LogP contribution in [-0.4, -0.2) is 18.0 Å². The van der Waals surface area contributed by atoms with E-state index in [9.17, 15) is 4.79 Å². The van der Waals surface area contributed by atoms with E-state index in [1.54, 1.807) is 31.5 Å². The van der Waals surface area contributed by atoms with Crippen molar-refractivity contribution in [3.8, 4) is 5.88 Å². The van der Waals surface area contributed by atoms with Gasteiger partial charge >= 0.3 is 0 Å². The molecule has 0 radical (unpaired) electrons. The number of hydrogen-bond acceptors (Lipinski definition) is 4. The van der Waals surface area contributed by atoms with Gasteiger partial charge in [-0.25, -0.2) is 4.98 Å². The number of furan rings is 1. The van der Waals surface area contributed by atoms with E-state index >= 15 is 0 Å². The second-order valence-electron chi connectivity index (χ2n) is 3.37. The first-order chi connectivity index (χ1) is 8.29. The maximum absolute atomic E-state index is 11.6. The number of amides is 1. The highest BCUT2D eigenvalue weighted by Crippen LogP contribution is 2.08. The highest BCUT2D eigenvalue weighted by Gasteiger charge is 2.07. The highest BCUT2D eigenvalue weighted by atomic mass is 16.5. The van der Waals surface area contributed by atoms with Gasteiger partial charge < -0.3 is 14.5 Å². The van der Waals surface area contributed by atoms with E-state index in [1.807, 2.05) is 6.07 Å². The van der Waals surface area contributed by atoms with Gasteiger partial charge in [-0.3, -0.25) is 4.79 Å². The van der Waals surface area contributed by atoms with Gasteiger partial charge in [-0.2, -0.15) is 0 Å². The fourth-order valence-corrected chi connectivity index (χ4v) is 1.35. The average molecular weight is 232 g/mol. The van der Waals surface area contributed by atoms with E-state index in [1.165, 1.54) is 6.26 Å². The SMILES string of the molecule is COc1cc(CNC(=O)c2ccco2)ccn1. The lowest BCUT2D eigenvalue weighted by Gasteiger charge is -2.04. The number of nitrogens with one attached hydrogen (secondary N) is 1. The molecule has 0 atom stereocenters. The van der Waals surface area contributed by atoms with Crippen LogP contribution < -0.4 is 10.1 Å². The number of carbonyl (C=O) groups excluding carboxylic acids is 1. The number of ether oxygens (including phenoxy) is 1. The number of rotatable bonds is 4. The van der Waals surface area contributed by atoms with Crippen LogP contribution in [0, 0.1) is 0 Å². The smallest absolute Gasteiger partial charge is 0.287 e. The minimum Gasteiger partial charge on any atom is -0.481 e. The normalized spacial score (nSPS) is 9.94. The van der Waals surface area contributed by atoms with Crippen molar-refractivity contribution in [3.63, 3.8) is 0 Å². The summed E-state index contributed by atoms with van der Waals surface area (Å²) in [6, 6.07) is 6.86. The van der Waals surface area contributed by atoms with Gasteiger partial charge in [0.25, 0.3) is 5.91 Å². The number of pyridine rings is 1. The Hall–Kier alpha value is -2.30. The highest BCUT2D eigenvalue weighted by molar-refractivity contribution is 5.91. The molecule has 0 unspecified atom stereocenters. The van der Waals surface area contributed by atoms with E-state index < -0.39 is 0 Å². The Bertz CT molecular complexity index is 494. The zero-order chi connectivity index (χ0) is 12.1. The van der Waals surface area contributed by atoms with E-state index in [2.05, 4.69) is 10.3 Å². The first-order valence-corrected chi connectivity index (χ1v) is 5.10. The zero-order valence-electron chi connectivity index (χ0n) is 9.34. The molecule has 1 amide bonds. The summed E-state index contributed by atoms with van der Waals surface area (Å²) in [4.78, 5) is 15.6. The Morgan fingerprint density at radius 3 is 3.12 bits per heavy atom. The fourth-order valence-electron chi connectivity index (χ4n) is 1.35. The number of nitrogens with zero attached hydrogens (tertiary/aromatic N) is 1. The third-order valence-corrected chi connectivity index (χ3v) is 2.21. The molecule has 0 spiro atoms. The molecule has 0 aromatic carbocycles. The molecule has 17 heavy (non-hydrogen) atoms. The van der Waals surface area contributed by atoms with Crippen molar-refractivity contribution in [1.82, 2.24) is 10.3 Å². The monoisotopic (exact) mass is 232 g/mol. The fraction of sp³-hybridized carbons (Fsp3) is 0.167. The van der Waals surface area contributed by atoms with Gasteiger partial charge in [-0.05, 0) is 23.8 Å². The summed E-state index contributed by atoms with van der Waals surface area (Å²) < 4.78 is 9.97. The lowest BCUT2D eigenvalue weighted by molar-refractivity contribution is 0.0923. The molecule has 0 fully saturated rings. The van der Waals surface area contributed by atoms with E-state index in [0.717, 1.165) is 5.56 Å². The predicted octanol–water partition coefficient (Wildman–Crippen LogP) is 1.61. The van der Waals surface area contributed by atoms with Gasteiger partial charge in [-0.15, -0.1) is 0 Å². The van der Waals surface area contributed by atoms with Gasteiger partial charge in [0.2, 0.25) is 5.88 Å². The Morgan fingerprint density at radius 1 is 1.53 bits per heavy atom. The van der Waals surface area contributed by atoms with Crippen LogP contribution in [0.4, 0.5) is 0 Å². The van der Waals surface area contributed by atoms with Crippen molar-refractivity contribution in [2.75, 3.05) is 7.11 Å². The number of aromatic nitrogens is 1. The Kier molecular flexibility index (Phi) is 3.40. The molecule has 88 valence electrons. The van der Waals surface area contributed by atoms with Gasteiger partial charge in [0, 0.05) is 18.8 Å². The van der Waals surface area contributed by atoms with Crippen molar-refractivity contribution in [2.24, 2.45) is 0 Å². The van der Waals surface area contributed by atoms with Gasteiger partial charge in [-0.1, -0.05) is 0 Å². The maximum Gasteiger partial charge on any atom is 0.287 e. The molecule has 5 nitrogen and oxygen atoms in total. The molecule has 1 N–H and O–H groups in total. The summed E-state index contributed by atoms with van der Waals surface area (Å²) in [6.45, 7) is 0.401. The molecule has 0 aliphatic carbocycles. The van der Waals surface area contributed by atoms with Crippen molar-refractivity contribution in [1.29, 1.82) is 0 Å². The second kappa shape index (κ2) is 5.16. The van der Waals surface area contributed by atoms with Crippen LogP contribution in [0.2, 0.25) is 0 Å². The summed E-state index contributed by atoms with van der Waals surface area (Å²) in [5, 5.41) is 2.74. The van der Waals surface area contributed by atoms with Crippen LogP contribution in [0.5, 0.6) is 5.88 Å². The second-order valence-corrected chi connectivity index (χ2v) is 3.37. The first kappa shape index (κ1) is 11.2. The molecular formula is C12H12N2O3. The molecule has 2 heterocycles. The summed E-state index contributed by atoms with van der Waals surface area (Å²) in [5.41, 5.74) is 0.914. The van der Waals surface area contributed by atoms with E-state index in [0.29, 0.717) is 18.2 Å². The van der Waals surface area contributed by atoms with Crippen LogP contribution in [0.15, 0.2) is 41.1 Å². The maximum atomic E-state index is 11.6. The van der Waals surface area contributed by atoms with Gasteiger partial charge in [0.1, 0.15) is 0 Å². The zero-order valence-corrected chi connectivity index (χ0v) is 9.34. The van der Waals surface area contributed by atoms with Crippen molar-refractivity contribution >= 4 is 5.91 Å². The largest absolute Gasteiger partial charge is 0.481 e. The third kappa shape index (κ3) is 2.84. The number of carbonyl (C=O) groups is 1. The summed E-state index contributed by atoms with van der Waals surface area (Å²) >= 11 is 0. The average Bonchev–Trinajstić information content (AvgIpc) is 2.90. The summed E-state index contributed by atoms with van der Waals surface area (Å²) in [7, 11) is 1.55. The minimum atomic E-state index is -0.245. The molecule has 0 saturated carbocycles. The van der Waals surface area contributed by atoms with Gasteiger partial charge in [0.15, 0.2) is 5.76 Å². The summed E-state index contributed by atoms with van der Waals surface area (Å²) in [5.74, 6) is 0.576. The Morgan fingerprint density at radius 2 is 2.41 bits per heavy atom. The molecule has 2 aromatic heterocycles. The summed E-state index contributed by atoms with van der Waals surface area (Å²) in [6.07, 6.45) is 3.09. The first-order valence-electron chi connectivity index (χ1n) is 5.10. The van der Waals surface area contributed by atoms with Crippen molar-refractivity contribution < 1.29 is 13.9 Å². The van der Waals surface area contributed by atoms with Crippen LogP contribution in [0.25, 0.3) is 0 Å². The van der Waals surface area contributed by atoms with Crippen molar-refractivity contribution in [2.45, 2.75) is 6.54 Å². The lowest BCUT2D eigenvalue weighted by atomic mass is 10.2. The molecule has 0 aliphatic rings. The van der Waals surface area contributed by atoms with E-state index in [-0.39, 0.29) is 5.91 Å². The molecule has 5 heteroatoms. The minimum absolute atomic E-state index is 0.245. The van der Waals surface area contributed by atoms with Crippen LogP contribution in [-0.2, 0) is 6.54 Å². The molecule has 2 aromatic rings. The molecule has 2 rings (SSSR count). The van der Waals surface area contributed by atoms with Gasteiger partial charge in [0.05, 0.1) is 13.4 Å². The Labute approximate surface area is 98.4 Å². The quantitative estimate of drug-likeness (QED) is 0.869. The Balaban J connectivity index is 1.95. The number of methoxy groups -OCH3 is 1. The predicted molar refractivity (Wildman–Crippen MR) is 60.7 cm³/mol. The molecular weight excluding hydrogens is 220 g/mol. The molecule has 0 aliphatic heterocycles. The lowest BCUT2D eigenvalue weighted by Crippen LogP contribution is -2.22. The standard InChI is InChI=1S/C12H12N2O3/c1-16-11-7-9(4-5-13-11)8-14-12(15)10-3-2-6-17-10/h2-7H,8H2,1H3,(H,14,15). The molecule has 0 bridgehead atoms.